The van der Waals surface area contributed by atoms with Gasteiger partial charge in [-0.15, -0.1) is 11.8 Å². The van der Waals surface area contributed by atoms with E-state index in [4.69, 9.17) is 10.5 Å². The second-order valence-electron chi connectivity index (χ2n) is 2.98. The van der Waals surface area contributed by atoms with Crippen LogP contribution in [0.2, 0.25) is 0 Å². The van der Waals surface area contributed by atoms with Crippen molar-refractivity contribution in [2.24, 2.45) is 5.73 Å². The fourth-order valence-electron chi connectivity index (χ4n) is 1.02. The van der Waals surface area contributed by atoms with Crippen LogP contribution in [-0.2, 0) is 9.53 Å². The summed E-state index contributed by atoms with van der Waals surface area (Å²) in [6.07, 6.45) is 0. The number of nitrogens with two attached hydrogens (primary N) is 1. The molecule has 0 saturated heterocycles. The lowest BCUT2D eigenvalue weighted by Crippen LogP contribution is -2.34. The highest BCUT2D eigenvalue weighted by molar-refractivity contribution is 7.99. The van der Waals surface area contributed by atoms with Crippen LogP contribution >= 0.6 is 11.8 Å². The molecule has 0 aliphatic heterocycles. The van der Waals surface area contributed by atoms with Crippen molar-refractivity contribution in [2.45, 2.75) is 17.9 Å². The summed E-state index contributed by atoms with van der Waals surface area (Å²) in [5.74, 6) is 0.212. The van der Waals surface area contributed by atoms with Crippen LogP contribution in [-0.4, -0.2) is 24.4 Å². The van der Waals surface area contributed by atoms with Gasteiger partial charge in [0.15, 0.2) is 0 Å². The zero-order valence-electron chi connectivity index (χ0n) is 8.68. The summed E-state index contributed by atoms with van der Waals surface area (Å²) in [4.78, 5) is 12.3. The van der Waals surface area contributed by atoms with Gasteiger partial charge in [0.25, 0.3) is 0 Å². The van der Waals surface area contributed by atoms with Crippen molar-refractivity contribution >= 4 is 17.7 Å². The molecule has 15 heavy (non-hydrogen) atoms. The second-order valence-corrected chi connectivity index (χ2v) is 4.08. The molecule has 1 atom stereocenters. The molecule has 0 unspecified atom stereocenters. The maximum Gasteiger partial charge on any atom is 0.323 e. The Morgan fingerprint density at radius 3 is 2.73 bits per heavy atom. The fourth-order valence-corrected chi connectivity index (χ4v) is 1.88. The summed E-state index contributed by atoms with van der Waals surface area (Å²) in [7, 11) is 0. The molecule has 0 saturated carbocycles. The van der Waals surface area contributed by atoms with Gasteiger partial charge in [-0.1, -0.05) is 18.2 Å². The van der Waals surface area contributed by atoms with Crippen molar-refractivity contribution in [3.8, 4) is 0 Å². The first-order chi connectivity index (χ1) is 7.24. The molecule has 0 aliphatic rings. The number of esters is 1. The number of hydrogen-bond donors (Lipinski definition) is 1. The van der Waals surface area contributed by atoms with E-state index in [9.17, 15) is 4.79 Å². The Bertz CT molecular complexity index is 303. The number of rotatable bonds is 5. The summed E-state index contributed by atoms with van der Waals surface area (Å²) >= 11 is 1.56. The number of hydrogen-bond acceptors (Lipinski definition) is 4. The Kier molecular flexibility index (Phi) is 5.21. The van der Waals surface area contributed by atoms with Gasteiger partial charge in [0.1, 0.15) is 6.04 Å². The number of benzene rings is 1. The van der Waals surface area contributed by atoms with E-state index in [2.05, 4.69) is 0 Å². The van der Waals surface area contributed by atoms with Gasteiger partial charge in [0, 0.05) is 10.6 Å². The molecule has 0 bridgehead atoms. The third kappa shape index (κ3) is 4.36. The smallest absolute Gasteiger partial charge is 0.323 e. The zero-order valence-corrected chi connectivity index (χ0v) is 9.50. The molecule has 2 N–H and O–H groups in total. The van der Waals surface area contributed by atoms with Crippen LogP contribution in [0.5, 0.6) is 0 Å². The lowest BCUT2D eigenvalue weighted by atomic mass is 10.4. The Hall–Kier alpha value is -1.00. The van der Waals surface area contributed by atoms with Crippen LogP contribution in [0.3, 0.4) is 0 Å². The first-order valence-corrected chi connectivity index (χ1v) is 5.82. The average Bonchev–Trinajstić information content (AvgIpc) is 2.27. The highest BCUT2D eigenvalue weighted by atomic mass is 32.2. The average molecular weight is 225 g/mol. The highest BCUT2D eigenvalue weighted by Gasteiger charge is 2.14. The van der Waals surface area contributed by atoms with Crippen LogP contribution in [0.15, 0.2) is 35.2 Å². The maximum absolute atomic E-state index is 11.2. The van der Waals surface area contributed by atoms with Crippen LogP contribution in [0.25, 0.3) is 0 Å². The number of carbonyl (C=O) groups is 1. The second kappa shape index (κ2) is 6.48. The fraction of sp³-hybridized carbons (Fsp3) is 0.364. The third-order valence-corrected chi connectivity index (χ3v) is 2.89. The van der Waals surface area contributed by atoms with E-state index in [-0.39, 0.29) is 5.97 Å². The van der Waals surface area contributed by atoms with Gasteiger partial charge in [0.05, 0.1) is 6.61 Å². The van der Waals surface area contributed by atoms with Gasteiger partial charge in [-0.25, -0.2) is 0 Å². The Balaban J connectivity index is 2.34. The first-order valence-electron chi connectivity index (χ1n) is 4.84. The number of thioether (sulfide) groups is 1. The molecule has 1 aromatic carbocycles. The topological polar surface area (TPSA) is 52.3 Å². The molecule has 82 valence electrons. The van der Waals surface area contributed by atoms with E-state index in [1.54, 1.807) is 18.7 Å². The van der Waals surface area contributed by atoms with Crippen molar-refractivity contribution in [1.82, 2.24) is 0 Å². The largest absolute Gasteiger partial charge is 0.465 e. The van der Waals surface area contributed by atoms with E-state index in [1.165, 1.54) is 0 Å². The third-order valence-electron chi connectivity index (χ3n) is 1.76. The van der Waals surface area contributed by atoms with Gasteiger partial charge in [-0.2, -0.15) is 0 Å². The van der Waals surface area contributed by atoms with E-state index in [1.807, 2.05) is 30.3 Å². The molecule has 0 aromatic heterocycles. The molecule has 0 fully saturated rings. The molecule has 0 spiro atoms. The minimum atomic E-state index is -0.546. The monoisotopic (exact) mass is 225 g/mol. The maximum atomic E-state index is 11.2. The summed E-state index contributed by atoms with van der Waals surface area (Å²) in [5.41, 5.74) is 5.66. The van der Waals surface area contributed by atoms with Gasteiger partial charge in [-0.3, -0.25) is 4.79 Å². The molecular formula is C11H15NO2S. The van der Waals surface area contributed by atoms with E-state index in [0.717, 1.165) is 4.90 Å². The van der Waals surface area contributed by atoms with Crippen molar-refractivity contribution in [2.75, 3.05) is 12.4 Å². The van der Waals surface area contributed by atoms with Crippen LogP contribution in [0.1, 0.15) is 6.92 Å². The molecule has 1 aromatic rings. The Morgan fingerprint density at radius 1 is 1.47 bits per heavy atom. The SMILES string of the molecule is CCOC(=O)[C@@H](N)CSc1ccccc1. The molecule has 0 aliphatic carbocycles. The normalized spacial score (nSPS) is 12.1. The molecule has 0 radical (unpaired) electrons. The summed E-state index contributed by atoms with van der Waals surface area (Å²) in [5, 5.41) is 0. The van der Waals surface area contributed by atoms with E-state index in [0.29, 0.717) is 12.4 Å². The van der Waals surface area contributed by atoms with Crippen LogP contribution in [0.4, 0.5) is 0 Å². The molecule has 0 heterocycles. The minimum Gasteiger partial charge on any atom is -0.465 e. The van der Waals surface area contributed by atoms with Crippen molar-refractivity contribution in [3.05, 3.63) is 30.3 Å². The predicted molar refractivity (Wildman–Crippen MR) is 61.8 cm³/mol. The Labute approximate surface area is 94.0 Å². The molecule has 1 rings (SSSR count). The predicted octanol–water partition coefficient (Wildman–Crippen LogP) is 1.67. The number of carbonyl (C=O) groups excluding carboxylic acids is 1. The van der Waals surface area contributed by atoms with Crippen molar-refractivity contribution in [1.29, 1.82) is 0 Å². The molecule has 4 heteroatoms. The standard InChI is InChI=1S/C11H15NO2S/c1-2-14-11(13)10(12)8-15-9-6-4-3-5-7-9/h3-7,10H,2,8,12H2,1H3/t10-/m0/s1. The lowest BCUT2D eigenvalue weighted by Gasteiger charge is -2.09. The van der Waals surface area contributed by atoms with Crippen molar-refractivity contribution < 1.29 is 9.53 Å². The highest BCUT2D eigenvalue weighted by Crippen LogP contribution is 2.17. The van der Waals surface area contributed by atoms with Gasteiger partial charge < -0.3 is 10.5 Å². The summed E-state index contributed by atoms with van der Waals surface area (Å²) in [6.45, 7) is 2.15. The van der Waals surface area contributed by atoms with Crippen molar-refractivity contribution in [3.63, 3.8) is 0 Å². The lowest BCUT2D eigenvalue weighted by molar-refractivity contribution is -0.144. The molecule has 3 nitrogen and oxygen atoms in total. The molecular weight excluding hydrogens is 210 g/mol. The van der Waals surface area contributed by atoms with E-state index >= 15 is 0 Å². The molecule has 0 amide bonds. The first kappa shape index (κ1) is 12.1. The van der Waals surface area contributed by atoms with Gasteiger partial charge in [-0.05, 0) is 19.1 Å². The minimum absolute atomic E-state index is 0.332. The van der Waals surface area contributed by atoms with Crippen LogP contribution in [0, 0.1) is 0 Å². The Morgan fingerprint density at radius 2 is 2.13 bits per heavy atom. The van der Waals surface area contributed by atoms with Gasteiger partial charge >= 0.3 is 5.97 Å². The zero-order chi connectivity index (χ0) is 11.1. The summed E-state index contributed by atoms with van der Waals surface area (Å²) in [6, 6.07) is 9.30. The van der Waals surface area contributed by atoms with Crippen LogP contribution < -0.4 is 5.73 Å². The number of ether oxygens (including phenoxy) is 1. The summed E-state index contributed by atoms with van der Waals surface area (Å²) < 4.78 is 4.81. The van der Waals surface area contributed by atoms with E-state index < -0.39 is 6.04 Å². The van der Waals surface area contributed by atoms with Gasteiger partial charge in [0.2, 0.25) is 0 Å². The quantitative estimate of drug-likeness (QED) is 0.612.